The Morgan fingerprint density at radius 1 is 0.800 bits per heavy atom. The van der Waals surface area contributed by atoms with Crippen LogP contribution in [0.2, 0.25) is 0 Å². The molecule has 0 aliphatic rings. The molecule has 4 rings (SSSR count). The Morgan fingerprint density at radius 2 is 1.43 bits per heavy atom. The summed E-state index contributed by atoms with van der Waals surface area (Å²) >= 11 is 0. The Balaban J connectivity index is 1.43. The van der Waals surface area contributed by atoms with Crippen molar-refractivity contribution in [1.29, 1.82) is 0 Å². The molecule has 0 fully saturated rings. The lowest BCUT2D eigenvalue weighted by atomic mass is 10.2. The van der Waals surface area contributed by atoms with Crippen LogP contribution >= 0.6 is 0 Å². The Bertz CT molecular complexity index is 1260. The van der Waals surface area contributed by atoms with Crippen LogP contribution in [0.5, 0.6) is 0 Å². The van der Waals surface area contributed by atoms with Crippen LogP contribution in [0.4, 0.5) is 11.7 Å². The average molecular weight is 420 g/mol. The van der Waals surface area contributed by atoms with Crippen molar-refractivity contribution in [1.82, 2.24) is 10.2 Å². The third kappa shape index (κ3) is 4.36. The number of nitrogens with zero attached hydrogens (tertiary/aromatic N) is 2. The summed E-state index contributed by atoms with van der Waals surface area (Å²) in [5.41, 5.74) is 1.37. The van der Waals surface area contributed by atoms with Crippen LogP contribution in [0.15, 0.2) is 94.2 Å². The Hall–Kier alpha value is -3.98. The zero-order valence-corrected chi connectivity index (χ0v) is 16.3. The van der Waals surface area contributed by atoms with Gasteiger partial charge in [0.1, 0.15) is 0 Å². The highest BCUT2D eigenvalue weighted by Crippen LogP contribution is 2.20. The maximum absolute atomic E-state index is 12.4. The molecule has 9 heteroatoms. The van der Waals surface area contributed by atoms with Crippen molar-refractivity contribution in [2.45, 2.75) is 4.90 Å². The number of carbonyl (C=O) groups excluding carboxylic acids is 1. The second-order valence-electron chi connectivity index (χ2n) is 6.23. The van der Waals surface area contributed by atoms with Gasteiger partial charge in [-0.15, -0.1) is 5.10 Å². The molecule has 150 valence electrons. The zero-order chi connectivity index (χ0) is 21.0. The van der Waals surface area contributed by atoms with Gasteiger partial charge in [-0.1, -0.05) is 41.5 Å². The lowest BCUT2D eigenvalue weighted by Gasteiger charge is -2.08. The van der Waals surface area contributed by atoms with Gasteiger partial charge >= 0.3 is 6.01 Å². The number of hydrogen-bond acceptors (Lipinski definition) is 6. The molecule has 1 heterocycles. The first-order valence-electron chi connectivity index (χ1n) is 8.89. The van der Waals surface area contributed by atoms with Gasteiger partial charge in [-0.25, -0.2) is 8.42 Å². The van der Waals surface area contributed by atoms with Gasteiger partial charge in [0.15, 0.2) is 0 Å². The van der Waals surface area contributed by atoms with E-state index in [-0.39, 0.29) is 16.8 Å². The minimum absolute atomic E-state index is 0.0345. The monoisotopic (exact) mass is 420 g/mol. The standard InChI is InChI=1S/C21H16N4O4S/c26-19(22-21-24-23-20(29-21)16-7-3-1-4-8-16)15-11-13-17(14-12-15)25-30(27,28)18-9-5-2-6-10-18/h1-14,25H,(H,22,24,26). The molecule has 0 atom stereocenters. The minimum Gasteiger partial charge on any atom is -0.403 e. The van der Waals surface area contributed by atoms with Crippen LogP contribution in [0, 0.1) is 0 Å². The molecule has 8 nitrogen and oxygen atoms in total. The molecule has 0 unspecified atom stereocenters. The van der Waals surface area contributed by atoms with Crippen LogP contribution in [0.25, 0.3) is 11.5 Å². The van der Waals surface area contributed by atoms with Crippen molar-refractivity contribution in [3.05, 3.63) is 90.5 Å². The molecule has 0 saturated heterocycles. The van der Waals surface area contributed by atoms with Crippen LogP contribution in [0.3, 0.4) is 0 Å². The summed E-state index contributed by atoms with van der Waals surface area (Å²) in [5.74, 6) is -0.174. The summed E-state index contributed by atoms with van der Waals surface area (Å²) < 4.78 is 32.7. The number of sulfonamides is 1. The van der Waals surface area contributed by atoms with E-state index in [1.807, 2.05) is 30.3 Å². The van der Waals surface area contributed by atoms with E-state index in [1.54, 1.807) is 18.2 Å². The number of aromatic nitrogens is 2. The summed E-state index contributed by atoms with van der Waals surface area (Å²) in [5, 5.41) is 10.2. The van der Waals surface area contributed by atoms with Gasteiger partial charge in [0, 0.05) is 16.8 Å². The number of hydrogen-bond donors (Lipinski definition) is 2. The topological polar surface area (TPSA) is 114 Å². The third-order valence-electron chi connectivity index (χ3n) is 4.12. The average Bonchev–Trinajstić information content (AvgIpc) is 3.24. The highest BCUT2D eigenvalue weighted by atomic mass is 32.2. The SMILES string of the molecule is O=C(Nc1nnc(-c2ccccc2)o1)c1ccc(NS(=O)(=O)c2ccccc2)cc1. The van der Waals surface area contributed by atoms with Crippen molar-refractivity contribution < 1.29 is 17.6 Å². The predicted molar refractivity (Wildman–Crippen MR) is 111 cm³/mol. The van der Waals surface area contributed by atoms with E-state index in [0.29, 0.717) is 11.3 Å². The van der Waals surface area contributed by atoms with E-state index >= 15 is 0 Å². The molecule has 3 aromatic carbocycles. The van der Waals surface area contributed by atoms with E-state index < -0.39 is 15.9 Å². The number of rotatable bonds is 6. The lowest BCUT2D eigenvalue weighted by Crippen LogP contribution is -2.14. The molecule has 0 bridgehead atoms. The van der Waals surface area contributed by atoms with Gasteiger partial charge < -0.3 is 4.42 Å². The second kappa shape index (κ2) is 8.18. The van der Waals surface area contributed by atoms with Gasteiger partial charge in [-0.3, -0.25) is 14.8 Å². The molecule has 0 spiro atoms. The smallest absolute Gasteiger partial charge is 0.322 e. The Labute approximate surface area is 172 Å². The van der Waals surface area contributed by atoms with E-state index in [0.717, 1.165) is 5.56 Å². The molecule has 0 aliphatic carbocycles. The predicted octanol–water partition coefficient (Wildman–Crippen LogP) is 3.79. The highest BCUT2D eigenvalue weighted by Gasteiger charge is 2.15. The highest BCUT2D eigenvalue weighted by molar-refractivity contribution is 7.92. The largest absolute Gasteiger partial charge is 0.403 e. The molecule has 30 heavy (non-hydrogen) atoms. The van der Waals surface area contributed by atoms with Gasteiger partial charge in [0.2, 0.25) is 5.89 Å². The Kier molecular flexibility index (Phi) is 5.27. The van der Waals surface area contributed by atoms with Crippen molar-refractivity contribution in [3.8, 4) is 11.5 Å². The molecule has 0 aliphatic heterocycles. The van der Waals surface area contributed by atoms with E-state index in [1.165, 1.54) is 36.4 Å². The van der Waals surface area contributed by atoms with Crippen molar-refractivity contribution in [2.24, 2.45) is 0 Å². The van der Waals surface area contributed by atoms with Crippen LogP contribution in [-0.4, -0.2) is 24.5 Å². The zero-order valence-electron chi connectivity index (χ0n) is 15.5. The van der Waals surface area contributed by atoms with Gasteiger partial charge in [-0.05, 0) is 48.5 Å². The summed E-state index contributed by atoms with van der Waals surface area (Å²) in [6.07, 6.45) is 0. The van der Waals surface area contributed by atoms with Gasteiger partial charge in [0.05, 0.1) is 4.90 Å². The molecule has 0 saturated carbocycles. The van der Waals surface area contributed by atoms with E-state index in [9.17, 15) is 13.2 Å². The number of benzene rings is 3. The minimum atomic E-state index is -3.70. The molecule has 0 radical (unpaired) electrons. The third-order valence-corrected chi connectivity index (χ3v) is 5.52. The quantitative estimate of drug-likeness (QED) is 0.490. The summed E-state index contributed by atoms with van der Waals surface area (Å²) in [6.45, 7) is 0. The number of carbonyl (C=O) groups is 1. The lowest BCUT2D eigenvalue weighted by molar-refractivity contribution is 0.102. The fraction of sp³-hybridized carbons (Fsp3) is 0. The van der Waals surface area contributed by atoms with Crippen LogP contribution in [0.1, 0.15) is 10.4 Å². The van der Waals surface area contributed by atoms with Crippen molar-refractivity contribution in [2.75, 3.05) is 10.0 Å². The summed E-state index contributed by atoms with van der Waals surface area (Å²) in [4.78, 5) is 12.6. The summed E-state index contributed by atoms with van der Waals surface area (Å²) in [6, 6.07) is 23.1. The van der Waals surface area contributed by atoms with Gasteiger partial charge in [0.25, 0.3) is 15.9 Å². The molecule has 1 amide bonds. The number of amides is 1. The number of anilines is 2. The maximum atomic E-state index is 12.4. The summed E-state index contributed by atoms with van der Waals surface area (Å²) in [7, 11) is -3.70. The van der Waals surface area contributed by atoms with E-state index in [2.05, 4.69) is 20.2 Å². The molecular formula is C21H16N4O4S. The first kappa shape index (κ1) is 19.3. The van der Waals surface area contributed by atoms with Crippen molar-refractivity contribution >= 4 is 27.6 Å². The maximum Gasteiger partial charge on any atom is 0.322 e. The first-order chi connectivity index (χ1) is 14.5. The van der Waals surface area contributed by atoms with E-state index in [4.69, 9.17) is 4.42 Å². The second-order valence-corrected chi connectivity index (χ2v) is 7.91. The van der Waals surface area contributed by atoms with Crippen molar-refractivity contribution in [3.63, 3.8) is 0 Å². The fourth-order valence-corrected chi connectivity index (χ4v) is 3.72. The Morgan fingerprint density at radius 3 is 2.10 bits per heavy atom. The van der Waals surface area contributed by atoms with Crippen LogP contribution in [-0.2, 0) is 10.0 Å². The molecule has 1 aromatic heterocycles. The fourth-order valence-electron chi connectivity index (χ4n) is 2.64. The normalized spacial score (nSPS) is 11.1. The van der Waals surface area contributed by atoms with Crippen LogP contribution < -0.4 is 10.0 Å². The molecule has 4 aromatic rings. The number of nitrogens with one attached hydrogen (secondary N) is 2. The molecular weight excluding hydrogens is 404 g/mol. The van der Waals surface area contributed by atoms with Gasteiger partial charge in [-0.2, -0.15) is 0 Å². The first-order valence-corrected chi connectivity index (χ1v) is 10.4. The molecule has 2 N–H and O–H groups in total.